The molecule has 1 fully saturated rings. The van der Waals surface area contributed by atoms with Crippen molar-refractivity contribution in [2.75, 3.05) is 13.1 Å². The Balaban J connectivity index is 0.00000220. The first-order valence-electron chi connectivity index (χ1n) is 7.13. The van der Waals surface area contributed by atoms with Gasteiger partial charge in [-0.25, -0.2) is 0 Å². The monoisotopic (exact) mass is 374 g/mol. The normalized spacial score (nSPS) is 24.3. The second kappa shape index (κ2) is 6.67. The molecule has 0 aromatic heterocycles. The van der Waals surface area contributed by atoms with E-state index in [-0.39, 0.29) is 23.7 Å². The molecular formula is C16H24BrClN2O. The summed E-state index contributed by atoms with van der Waals surface area (Å²) in [7, 11) is 0. The molecule has 1 aromatic rings. The zero-order valence-electron chi connectivity index (χ0n) is 12.9. The van der Waals surface area contributed by atoms with Crippen molar-refractivity contribution in [1.29, 1.82) is 0 Å². The summed E-state index contributed by atoms with van der Waals surface area (Å²) in [5, 5.41) is 0. The molecule has 1 aliphatic rings. The van der Waals surface area contributed by atoms with Crippen LogP contribution in [0.2, 0.25) is 0 Å². The van der Waals surface area contributed by atoms with Gasteiger partial charge in [-0.2, -0.15) is 0 Å². The number of rotatable bonds is 3. The lowest BCUT2D eigenvalue weighted by atomic mass is 9.87. The van der Waals surface area contributed by atoms with Gasteiger partial charge in [0.25, 0.3) is 0 Å². The van der Waals surface area contributed by atoms with Gasteiger partial charge in [0.05, 0.1) is 0 Å². The Hall–Kier alpha value is -0.580. The topological polar surface area (TPSA) is 46.3 Å². The third-order valence-corrected chi connectivity index (χ3v) is 5.12. The Labute approximate surface area is 141 Å². The fraction of sp³-hybridized carbons (Fsp3) is 0.562. The molecule has 1 saturated heterocycles. The summed E-state index contributed by atoms with van der Waals surface area (Å²) in [6, 6.07) is 7.68. The molecule has 0 radical (unpaired) electrons. The lowest BCUT2D eigenvalue weighted by Crippen LogP contribution is -2.50. The van der Waals surface area contributed by atoms with Crippen LogP contribution in [0.3, 0.4) is 0 Å². The molecule has 2 unspecified atom stereocenters. The van der Waals surface area contributed by atoms with Gasteiger partial charge in [-0.05, 0) is 42.9 Å². The average molecular weight is 376 g/mol. The Kier molecular flexibility index (Phi) is 5.87. The van der Waals surface area contributed by atoms with E-state index in [4.69, 9.17) is 5.73 Å². The molecular weight excluding hydrogens is 352 g/mol. The van der Waals surface area contributed by atoms with Crippen LogP contribution in [0.15, 0.2) is 28.7 Å². The number of carbonyl (C=O) groups excluding carboxylic acids is 1. The van der Waals surface area contributed by atoms with Gasteiger partial charge in [0, 0.05) is 17.6 Å². The van der Waals surface area contributed by atoms with Crippen molar-refractivity contribution >= 4 is 34.2 Å². The van der Waals surface area contributed by atoms with E-state index in [1.807, 2.05) is 29.2 Å². The van der Waals surface area contributed by atoms with Gasteiger partial charge in [0.1, 0.15) is 5.54 Å². The van der Waals surface area contributed by atoms with Crippen molar-refractivity contribution in [3.05, 3.63) is 34.3 Å². The molecule has 1 aliphatic heterocycles. The van der Waals surface area contributed by atoms with Gasteiger partial charge in [0.2, 0.25) is 5.91 Å². The van der Waals surface area contributed by atoms with Crippen molar-refractivity contribution in [3.8, 4) is 0 Å². The highest BCUT2D eigenvalue weighted by molar-refractivity contribution is 9.10. The zero-order chi connectivity index (χ0) is 15.0. The van der Waals surface area contributed by atoms with Gasteiger partial charge in [-0.1, -0.05) is 41.9 Å². The smallest absolute Gasteiger partial charge is 0.246 e. The standard InChI is InChI=1S/C16H23BrN2O.ClH/c1-4-15(2)9-10-19(11-15)14(20)16(3,18)12-5-7-13(17)8-6-12;/h5-8H,4,9-11,18H2,1-3H3;1H. The van der Waals surface area contributed by atoms with E-state index in [1.165, 1.54) is 0 Å². The number of hydrogen-bond acceptors (Lipinski definition) is 2. The number of hydrogen-bond donors (Lipinski definition) is 1. The largest absolute Gasteiger partial charge is 0.340 e. The minimum atomic E-state index is -0.959. The molecule has 1 aromatic carbocycles. The maximum Gasteiger partial charge on any atom is 0.246 e. The van der Waals surface area contributed by atoms with Gasteiger partial charge in [0.15, 0.2) is 0 Å². The molecule has 2 rings (SSSR count). The van der Waals surface area contributed by atoms with Crippen LogP contribution < -0.4 is 5.73 Å². The number of carbonyl (C=O) groups is 1. The van der Waals surface area contributed by atoms with Crippen molar-refractivity contribution in [2.24, 2.45) is 11.1 Å². The molecule has 118 valence electrons. The summed E-state index contributed by atoms with van der Waals surface area (Å²) in [6.45, 7) is 7.86. The van der Waals surface area contributed by atoms with Gasteiger partial charge in [-0.15, -0.1) is 12.4 Å². The van der Waals surface area contributed by atoms with Crippen LogP contribution in [0.1, 0.15) is 39.2 Å². The minimum Gasteiger partial charge on any atom is -0.340 e. The third-order valence-electron chi connectivity index (χ3n) is 4.59. The van der Waals surface area contributed by atoms with Crippen LogP contribution in [0.5, 0.6) is 0 Å². The van der Waals surface area contributed by atoms with Crippen molar-refractivity contribution in [1.82, 2.24) is 4.90 Å². The average Bonchev–Trinajstić information content (AvgIpc) is 2.82. The predicted octanol–water partition coefficient (Wildman–Crippen LogP) is 3.69. The summed E-state index contributed by atoms with van der Waals surface area (Å²) in [5.74, 6) is 0.0250. The molecule has 21 heavy (non-hydrogen) atoms. The van der Waals surface area contributed by atoms with E-state index in [9.17, 15) is 4.79 Å². The lowest BCUT2D eigenvalue weighted by Gasteiger charge is -2.31. The number of nitrogens with two attached hydrogens (primary N) is 1. The maximum atomic E-state index is 12.7. The molecule has 2 atom stereocenters. The van der Waals surface area contributed by atoms with E-state index in [0.29, 0.717) is 0 Å². The molecule has 0 saturated carbocycles. The summed E-state index contributed by atoms with van der Waals surface area (Å²) in [6.07, 6.45) is 2.15. The SMILES string of the molecule is CCC1(C)CCN(C(=O)C(C)(N)c2ccc(Br)cc2)C1.Cl. The fourth-order valence-corrected chi connectivity index (χ4v) is 3.00. The first-order valence-corrected chi connectivity index (χ1v) is 7.92. The number of amides is 1. The summed E-state index contributed by atoms with van der Waals surface area (Å²) >= 11 is 3.40. The predicted molar refractivity (Wildman–Crippen MR) is 92.5 cm³/mol. The second-order valence-corrected chi connectivity index (χ2v) is 7.27. The van der Waals surface area contributed by atoms with Crippen molar-refractivity contribution in [2.45, 2.75) is 39.2 Å². The van der Waals surface area contributed by atoms with Crippen LogP contribution in [-0.2, 0) is 10.3 Å². The van der Waals surface area contributed by atoms with E-state index in [1.54, 1.807) is 6.92 Å². The molecule has 0 bridgehead atoms. The Morgan fingerprint density at radius 1 is 1.43 bits per heavy atom. The third kappa shape index (κ3) is 3.79. The molecule has 3 nitrogen and oxygen atoms in total. The van der Waals surface area contributed by atoms with Gasteiger partial charge >= 0.3 is 0 Å². The van der Waals surface area contributed by atoms with Crippen LogP contribution in [0.4, 0.5) is 0 Å². The first kappa shape index (κ1) is 18.5. The van der Waals surface area contributed by atoms with Gasteiger partial charge in [-0.3, -0.25) is 4.79 Å². The highest BCUT2D eigenvalue weighted by atomic mass is 79.9. The fourth-order valence-electron chi connectivity index (χ4n) is 2.73. The van der Waals surface area contributed by atoms with E-state index < -0.39 is 5.54 Å². The molecule has 2 N–H and O–H groups in total. The highest BCUT2D eigenvalue weighted by Gasteiger charge is 2.41. The summed E-state index contributed by atoms with van der Waals surface area (Å²) in [4.78, 5) is 14.7. The van der Waals surface area contributed by atoms with E-state index >= 15 is 0 Å². The van der Waals surface area contributed by atoms with Crippen molar-refractivity contribution < 1.29 is 4.79 Å². The Morgan fingerprint density at radius 2 is 2.00 bits per heavy atom. The first-order chi connectivity index (χ1) is 9.28. The summed E-state index contributed by atoms with van der Waals surface area (Å²) < 4.78 is 0.990. The van der Waals surface area contributed by atoms with Gasteiger partial charge < -0.3 is 10.6 Å². The van der Waals surface area contributed by atoms with E-state index in [0.717, 1.165) is 36.0 Å². The Morgan fingerprint density at radius 3 is 2.48 bits per heavy atom. The number of nitrogens with zero attached hydrogens (tertiary/aromatic N) is 1. The number of likely N-dealkylation sites (tertiary alicyclic amines) is 1. The minimum absolute atomic E-state index is 0. The maximum absolute atomic E-state index is 12.7. The summed E-state index contributed by atoms with van der Waals surface area (Å²) in [5.41, 5.74) is 6.48. The Bertz CT molecular complexity index is 504. The molecule has 1 heterocycles. The molecule has 0 spiro atoms. The molecule has 0 aliphatic carbocycles. The number of benzene rings is 1. The van der Waals surface area contributed by atoms with Crippen LogP contribution >= 0.6 is 28.3 Å². The van der Waals surface area contributed by atoms with Crippen LogP contribution in [0.25, 0.3) is 0 Å². The highest BCUT2D eigenvalue weighted by Crippen LogP contribution is 2.35. The zero-order valence-corrected chi connectivity index (χ0v) is 15.3. The van der Waals surface area contributed by atoms with Crippen LogP contribution in [-0.4, -0.2) is 23.9 Å². The van der Waals surface area contributed by atoms with E-state index in [2.05, 4.69) is 29.8 Å². The quantitative estimate of drug-likeness (QED) is 0.875. The second-order valence-electron chi connectivity index (χ2n) is 6.35. The van der Waals surface area contributed by atoms with Crippen LogP contribution in [0, 0.1) is 5.41 Å². The van der Waals surface area contributed by atoms with Crippen molar-refractivity contribution in [3.63, 3.8) is 0 Å². The molecule has 5 heteroatoms. The molecule has 1 amide bonds. The lowest BCUT2D eigenvalue weighted by molar-refractivity contribution is -0.136. The number of halogens is 2.